The van der Waals surface area contributed by atoms with Gasteiger partial charge in [-0.15, -0.1) is 5.10 Å². The van der Waals surface area contributed by atoms with Crippen LogP contribution in [0.4, 0.5) is 4.39 Å². The van der Waals surface area contributed by atoms with Crippen LogP contribution in [0, 0.1) is 5.82 Å². The summed E-state index contributed by atoms with van der Waals surface area (Å²) in [5.41, 5.74) is -1.03. The number of β-amino-alcohol motifs (C(OH)–C–C–N with tert-alkyl or cyclic N) is 1. The summed E-state index contributed by atoms with van der Waals surface area (Å²) in [6.07, 6.45) is 4.52. The minimum Gasteiger partial charge on any atom is -0.484 e. The van der Waals surface area contributed by atoms with E-state index in [-0.39, 0.29) is 31.4 Å². The van der Waals surface area contributed by atoms with Crippen molar-refractivity contribution in [1.29, 1.82) is 0 Å². The lowest BCUT2D eigenvalue weighted by Gasteiger charge is -2.39. The highest BCUT2D eigenvalue weighted by atomic mass is 19.1. The standard InChI is InChI=1S/C16H19FN4O3/c17-13-2-4-14(5-3-13)24-10-15(22)20-8-1-6-16(23,11-20)12-21-9-7-18-19-21/h2-5,7,9,23H,1,6,8,10-12H2. The average Bonchev–Trinajstić information content (AvgIpc) is 3.06. The van der Waals surface area contributed by atoms with Crippen molar-refractivity contribution in [1.82, 2.24) is 19.9 Å². The summed E-state index contributed by atoms with van der Waals surface area (Å²) in [6.45, 7) is 0.935. The molecule has 0 radical (unpaired) electrons. The minimum atomic E-state index is -1.03. The number of carbonyl (C=O) groups excluding carboxylic acids is 1. The largest absolute Gasteiger partial charge is 0.484 e. The minimum absolute atomic E-state index is 0.148. The number of carbonyl (C=O) groups is 1. The van der Waals surface area contributed by atoms with E-state index in [1.54, 1.807) is 22.0 Å². The summed E-state index contributed by atoms with van der Waals surface area (Å²) in [7, 11) is 0. The van der Waals surface area contributed by atoms with E-state index in [2.05, 4.69) is 10.3 Å². The topological polar surface area (TPSA) is 80.5 Å². The predicted octanol–water partition coefficient (Wildman–Crippen LogP) is 0.850. The van der Waals surface area contributed by atoms with Crippen LogP contribution in [-0.2, 0) is 11.3 Å². The van der Waals surface area contributed by atoms with Gasteiger partial charge in [0.05, 0.1) is 19.3 Å². The highest BCUT2D eigenvalue weighted by Gasteiger charge is 2.36. The van der Waals surface area contributed by atoms with Crippen LogP contribution in [0.2, 0.25) is 0 Å². The van der Waals surface area contributed by atoms with Gasteiger partial charge in [-0.3, -0.25) is 4.79 Å². The van der Waals surface area contributed by atoms with Gasteiger partial charge in [-0.2, -0.15) is 0 Å². The Morgan fingerprint density at radius 1 is 1.38 bits per heavy atom. The van der Waals surface area contributed by atoms with Crippen molar-refractivity contribution in [2.75, 3.05) is 19.7 Å². The van der Waals surface area contributed by atoms with E-state index in [0.717, 1.165) is 0 Å². The third-order valence-electron chi connectivity index (χ3n) is 4.01. The van der Waals surface area contributed by atoms with Crippen LogP contribution in [0.5, 0.6) is 5.75 Å². The molecule has 1 aromatic carbocycles. The van der Waals surface area contributed by atoms with Crippen molar-refractivity contribution in [2.45, 2.75) is 25.0 Å². The second-order valence-corrected chi connectivity index (χ2v) is 5.99. The van der Waals surface area contributed by atoms with E-state index < -0.39 is 5.60 Å². The van der Waals surface area contributed by atoms with Gasteiger partial charge < -0.3 is 14.7 Å². The molecule has 1 aliphatic rings. The number of likely N-dealkylation sites (tertiary alicyclic amines) is 1. The predicted molar refractivity (Wildman–Crippen MR) is 82.7 cm³/mol. The van der Waals surface area contributed by atoms with Gasteiger partial charge in [-0.25, -0.2) is 9.07 Å². The molecule has 0 spiro atoms. The number of amides is 1. The first-order valence-electron chi connectivity index (χ1n) is 7.77. The van der Waals surface area contributed by atoms with Gasteiger partial charge in [0.15, 0.2) is 6.61 Å². The molecule has 7 nitrogen and oxygen atoms in total. The zero-order chi connectivity index (χ0) is 17.0. The first kappa shape index (κ1) is 16.4. The molecule has 1 unspecified atom stereocenters. The quantitative estimate of drug-likeness (QED) is 0.877. The molecule has 3 rings (SSSR count). The van der Waals surface area contributed by atoms with Crippen LogP contribution in [0.1, 0.15) is 12.8 Å². The van der Waals surface area contributed by atoms with E-state index >= 15 is 0 Å². The zero-order valence-corrected chi connectivity index (χ0v) is 13.1. The third-order valence-corrected chi connectivity index (χ3v) is 4.01. The average molecular weight is 334 g/mol. The van der Waals surface area contributed by atoms with Gasteiger partial charge in [0.25, 0.3) is 5.91 Å². The van der Waals surface area contributed by atoms with E-state index in [9.17, 15) is 14.3 Å². The number of hydrogen-bond acceptors (Lipinski definition) is 5. The smallest absolute Gasteiger partial charge is 0.260 e. The van der Waals surface area contributed by atoms with Gasteiger partial charge in [0.2, 0.25) is 0 Å². The fourth-order valence-corrected chi connectivity index (χ4v) is 2.84. The summed E-state index contributed by atoms with van der Waals surface area (Å²) >= 11 is 0. The fourth-order valence-electron chi connectivity index (χ4n) is 2.84. The van der Waals surface area contributed by atoms with Gasteiger partial charge in [-0.1, -0.05) is 5.21 Å². The number of nitrogens with zero attached hydrogens (tertiary/aromatic N) is 4. The summed E-state index contributed by atoms with van der Waals surface area (Å²) in [4.78, 5) is 13.9. The molecule has 1 aromatic heterocycles. The van der Waals surface area contributed by atoms with Gasteiger partial charge >= 0.3 is 0 Å². The molecule has 0 aliphatic carbocycles. The molecule has 2 aromatic rings. The number of hydrogen-bond donors (Lipinski definition) is 1. The summed E-state index contributed by atoms with van der Waals surface area (Å²) in [6, 6.07) is 5.49. The molecule has 1 amide bonds. The van der Waals surface area contributed by atoms with E-state index in [0.29, 0.717) is 25.1 Å². The molecule has 2 heterocycles. The highest BCUT2D eigenvalue weighted by Crippen LogP contribution is 2.23. The molecule has 1 aliphatic heterocycles. The lowest BCUT2D eigenvalue weighted by atomic mass is 9.93. The fraction of sp³-hybridized carbons (Fsp3) is 0.438. The van der Waals surface area contributed by atoms with Crippen molar-refractivity contribution < 1.29 is 19.0 Å². The molecule has 1 atom stereocenters. The molecule has 0 bridgehead atoms. The van der Waals surface area contributed by atoms with Gasteiger partial charge in [-0.05, 0) is 37.1 Å². The van der Waals surface area contributed by atoms with E-state index in [1.807, 2.05) is 0 Å². The second kappa shape index (κ2) is 6.96. The SMILES string of the molecule is O=C(COc1ccc(F)cc1)N1CCCC(O)(Cn2ccnn2)C1. The molecule has 1 fully saturated rings. The van der Waals surface area contributed by atoms with Crippen molar-refractivity contribution in [3.63, 3.8) is 0 Å². The Morgan fingerprint density at radius 2 is 2.17 bits per heavy atom. The Labute approximate surface area is 138 Å². The Balaban J connectivity index is 1.55. The molecular weight excluding hydrogens is 315 g/mol. The van der Waals surface area contributed by atoms with Crippen LogP contribution in [-0.4, -0.2) is 56.2 Å². The number of ether oxygens (including phenoxy) is 1. The van der Waals surface area contributed by atoms with Crippen molar-refractivity contribution >= 4 is 5.91 Å². The van der Waals surface area contributed by atoms with Crippen LogP contribution >= 0.6 is 0 Å². The lowest BCUT2D eigenvalue weighted by molar-refractivity contribution is -0.141. The molecule has 1 N–H and O–H groups in total. The zero-order valence-electron chi connectivity index (χ0n) is 13.1. The Kier molecular flexibility index (Phi) is 4.75. The maximum Gasteiger partial charge on any atom is 0.260 e. The number of aliphatic hydroxyl groups is 1. The maximum absolute atomic E-state index is 12.8. The van der Waals surface area contributed by atoms with Crippen molar-refractivity contribution in [3.8, 4) is 5.75 Å². The number of rotatable bonds is 5. The Bertz CT molecular complexity index is 677. The first-order valence-corrected chi connectivity index (χ1v) is 7.77. The van der Waals surface area contributed by atoms with Crippen LogP contribution in [0.25, 0.3) is 0 Å². The summed E-state index contributed by atoms with van der Waals surface area (Å²) in [5, 5.41) is 18.3. The third kappa shape index (κ3) is 4.08. The maximum atomic E-state index is 12.8. The molecule has 24 heavy (non-hydrogen) atoms. The molecule has 0 saturated carbocycles. The van der Waals surface area contributed by atoms with Crippen LogP contribution in [0.3, 0.4) is 0 Å². The Morgan fingerprint density at radius 3 is 2.88 bits per heavy atom. The Hall–Kier alpha value is -2.48. The molecule has 8 heteroatoms. The monoisotopic (exact) mass is 334 g/mol. The van der Waals surface area contributed by atoms with Crippen LogP contribution in [0.15, 0.2) is 36.7 Å². The number of piperidine rings is 1. The summed E-state index contributed by atoms with van der Waals surface area (Å²) in [5.74, 6) is -0.140. The molecular formula is C16H19FN4O3. The number of benzene rings is 1. The second-order valence-electron chi connectivity index (χ2n) is 5.99. The number of halogens is 1. The van der Waals surface area contributed by atoms with Gasteiger partial charge in [0.1, 0.15) is 17.2 Å². The van der Waals surface area contributed by atoms with Crippen molar-refractivity contribution in [2.24, 2.45) is 0 Å². The van der Waals surface area contributed by atoms with Gasteiger partial charge in [0, 0.05) is 12.7 Å². The normalized spacial score (nSPS) is 20.8. The number of aromatic nitrogens is 3. The highest BCUT2D eigenvalue weighted by molar-refractivity contribution is 5.78. The van der Waals surface area contributed by atoms with Crippen molar-refractivity contribution in [3.05, 3.63) is 42.5 Å². The summed E-state index contributed by atoms with van der Waals surface area (Å²) < 4.78 is 19.8. The van der Waals surface area contributed by atoms with Crippen LogP contribution < -0.4 is 4.74 Å². The molecule has 1 saturated heterocycles. The lowest BCUT2D eigenvalue weighted by Crippen LogP contribution is -2.53. The molecule has 128 valence electrons. The van der Waals surface area contributed by atoms with E-state index in [4.69, 9.17) is 4.74 Å². The first-order chi connectivity index (χ1) is 11.5. The van der Waals surface area contributed by atoms with E-state index in [1.165, 1.54) is 24.3 Å².